The van der Waals surface area contributed by atoms with Gasteiger partial charge in [-0.1, -0.05) is 0 Å². The van der Waals surface area contributed by atoms with Crippen LogP contribution in [0.25, 0.3) is 0 Å². The number of halogens is 2. The van der Waals surface area contributed by atoms with Crippen LogP contribution < -0.4 is 0 Å². The van der Waals surface area contributed by atoms with Crippen LogP contribution in [-0.2, 0) is 19.6 Å². The summed E-state index contributed by atoms with van der Waals surface area (Å²) in [6.07, 6.45) is 1.54. The molecule has 0 amide bonds. The molecule has 1 rings (SSSR count). The highest BCUT2D eigenvalue weighted by Crippen LogP contribution is 2.26. The largest absolute Gasteiger partial charge is 0.465 e. The van der Waals surface area contributed by atoms with Crippen molar-refractivity contribution < 1.29 is 36.4 Å². The fourth-order valence-corrected chi connectivity index (χ4v) is 1.96. The second-order valence-corrected chi connectivity index (χ2v) is 5.73. The van der Waals surface area contributed by atoms with Crippen molar-refractivity contribution in [2.24, 2.45) is 5.92 Å². The van der Waals surface area contributed by atoms with E-state index in [4.69, 9.17) is 4.55 Å². The minimum atomic E-state index is -5.81. The van der Waals surface area contributed by atoms with E-state index in [1.165, 1.54) is 0 Å². The van der Waals surface area contributed by atoms with Crippen molar-refractivity contribution in [3.05, 3.63) is 0 Å². The topological polar surface area (TPSA) is 101 Å². The van der Waals surface area contributed by atoms with E-state index >= 15 is 0 Å². The highest BCUT2D eigenvalue weighted by Gasteiger charge is 2.54. The molecule has 0 aliphatic heterocycles. The highest BCUT2D eigenvalue weighted by molar-refractivity contribution is 7.87. The lowest BCUT2D eigenvalue weighted by molar-refractivity contribution is -0.163. The molecule has 0 atom stereocenters. The summed E-state index contributed by atoms with van der Waals surface area (Å²) >= 11 is 0. The number of ether oxygens (including phenoxy) is 1. The third-order valence-electron chi connectivity index (χ3n) is 2.83. The summed E-state index contributed by atoms with van der Waals surface area (Å²) in [6.45, 7) is -0.351. The van der Waals surface area contributed by atoms with Gasteiger partial charge in [0.05, 0.1) is 12.7 Å². The fraction of sp³-hybridized carbons (Fsp3) is 0.889. The van der Waals surface area contributed by atoms with Crippen molar-refractivity contribution in [2.45, 2.75) is 37.0 Å². The molecule has 0 bridgehead atoms. The molecule has 1 aliphatic rings. The van der Waals surface area contributed by atoms with Crippen molar-refractivity contribution in [1.82, 2.24) is 0 Å². The van der Waals surface area contributed by atoms with Gasteiger partial charge >= 0.3 is 21.3 Å². The third-order valence-corrected chi connectivity index (χ3v) is 3.64. The number of esters is 1. The summed E-state index contributed by atoms with van der Waals surface area (Å²) < 4.78 is 58.5. The van der Waals surface area contributed by atoms with Crippen LogP contribution in [0.4, 0.5) is 8.78 Å². The first-order chi connectivity index (χ1) is 8.14. The lowest BCUT2D eigenvalue weighted by Gasteiger charge is -2.25. The zero-order valence-electron chi connectivity index (χ0n) is 9.38. The van der Waals surface area contributed by atoms with Crippen molar-refractivity contribution in [3.8, 4) is 0 Å². The van der Waals surface area contributed by atoms with Gasteiger partial charge in [0, 0.05) is 0 Å². The molecule has 1 saturated carbocycles. The van der Waals surface area contributed by atoms with Crippen LogP contribution in [0.15, 0.2) is 0 Å². The molecule has 9 heteroatoms. The standard InChI is InChI=1S/C9H14F2O6S/c10-9(11,18(14,15)16)8(13)17-5-6-1-3-7(12)4-2-6/h6-7,12H,1-5H2,(H,14,15,16). The van der Waals surface area contributed by atoms with Gasteiger partial charge in [-0.05, 0) is 31.6 Å². The molecule has 6 nitrogen and oxygen atoms in total. The van der Waals surface area contributed by atoms with Crippen molar-refractivity contribution in [3.63, 3.8) is 0 Å². The summed E-state index contributed by atoms with van der Waals surface area (Å²) in [5.41, 5.74) is 0. The summed E-state index contributed by atoms with van der Waals surface area (Å²) in [4.78, 5) is 10.9. The van der Waals surface area contributed by atoms with Crippen LogP contribution in [0, 0.1) is 5.92 Å². The first-order valence-corrected chi connectivity index (χ1v) is 6.78. The lowest BCUT2D eigenvalue weighted by atomic mass is 9.88. The van der Waals surface area contributed by atoms with Crippen LogP contribution >= 0.6 is 0 Å². The second-order valence-electron chi connectivity index (χ2n) is 4.26. The first-order valence-electron chi connectivity index (χ1n) is 5.34. The smallest absolute Gasteiger partial charge is 0.460 e. The van der Waals surface area contributed by atoms with Gasteiger partial charge in [0.25, 0.3) is 0 Å². The highest BCUT2D eigenvalue weighted by atomic mass is 32.2. The Bertz CT molecular complexity index is 399. The van der Waals surface area contributed by atoms with Crippen molar-refractivity contribution in [1.29, 1.82) is 0 Å². The lowest BCUT2D eigenvalue weighted by Crippen LogP contribution is -2.39. The first kappa shape index (κ1) is 15.3. The van der Waals surface area contributed by atoms with Gasteiger partial charge in [-0.2, -0.15) is 17.2 Å². The van der Waals surface area contributed by atoms with E-state index in [0.29, 0.717) is 25.7 Å². The Labute approximate surface area is 103 Å². The normalized spacial score (nSPS) is 25.8. The van der Waals surface area contributed by atoms with Crippen LogP contribution in [0.5, 0.6) is 0 Å². The summed E-state index contributed by atoms with van der Waals surface area (Å²) in [5, 5.41) is 4.26. The van der Waals surface area contributed by atoms with Gasteiger partial charge in [0.15, 0.2) is 0 Å². The van der Waals surface area contributed by atoms with Gasteiger partial charge in [-0.3, -0.25) is 4.55 Å². The second kappa shape index (κ2) is 5.45. The Morgan fingerprint density at radius 3 is 2.22 bits per heavy atom. The van der Waals surface area contributed by atoms with Crippen LogP contribution in [0.3, 0.4) is 0 Å². The number of carbonyl (C=O) groups excluding carboxylic acids is 1. The number of aliphatic hydroxyl groups is 1. The van der Waals surface area contributed by atoms with Crippen LogP contribution in [0.2, 0.25) is 0 Å². The van der Waals surface area contributed by atoms with E-state index in [1.54, 1.807) is 0 Å². The number of hydrogen-bond acceptors (Lipinski definition) is 5. The SMILES string of the molecule is O=C(OCC1CCC(O)CC1)C(F)(F)S(=O)(=O)O. The number of hydrogen-bond donors (Lipinski definition) is 2. The fourth-order valence-electron chi connectivity index (χ4n) is 1.69. The van der Waals surface area contributed by atoms with Crippen LogP contribution in [-0.4, -0.2) is 42.0 Å². The van der Waals surface area contributed by atoms with Crippen LogP contribution in [0.1, 0.15) is 25.7 Å². The quantitative estimate of drug-likeness (QED) is 0.579. The molecule has 0 aromatic carbocycles. The molecule has 0 aromatic heterocycles. The average molecular weight is 288 g/mol. The maximum absolute atomic E-state index is 12.8. The predicted octanol–water partition coefficient (Wildman–Crippen LogP) is 0.561. The van der Waals surface area contributed by atoms with Gasteiger partial charge < -0.3 is 9.84 Å². The molecule has 0 unspecified atom stereocenters. The predicted molar refractivity (Wildman–Crippen MR) is 55.4 cm³/mol. The molecule has 2 N–H and O–H groups in total. The number of rotatable bonds is 4. The minimum Gasteiger partial charge on any atom is -0.460 e. The molecule has 1 fully saturated rings. The summed E-state index contributed by atoms with van der Waals surface area (Å²) in [7, 11) is -5.81. The van der Waals surface area contributed by atoms with Gasteiger partial charge in [-0.15, -0.1) is 0 Å². The van der Waals surface area contributed by atoms with E-state index in [-0.39, 0.29) is 12.5 Å². The number of alkyl halides is 2. The maximum Gasteiger partial charge on any atom is 0.465 e. The van der Waals surface area contributed by atoms with E-state index in [9.17, 15) is 27.1 Å². The van der Waals surface area contributed by atoms with Gasteiger partial charge in [0.1, 0.15) is 0 Å². The van der Waals surface area contributed by atoms with E-state index < -0.39 is 27.4 Å². The molecule has 0 spiro atoms. The van der Waals surface area contributed by atoms with Crippen molar-refractivity contribution >= 4 is 16.1 Å². The zero-order chi connectivity index (χ0) is 14.0. The summed E-state index contributed by atoms with van der Waals surface area (Å²) in [6, 6.07) is 0. The van der Waals surface area contributed by atoms with Gasteiger partial charge in [-0.25, -0.2) is 4.79 Å². The van der Waals surface area contributed by atoms with E-state index in [0.717, 1.165) is 0 Å². The molecule has 0 aromatic rings. The Morgan fingerprint density at radius 2 is 1.78 bits per heavy atom. The number of carbonyl (C=O) groups is 1. The molecule has 0 radical (unpaired) electrons. The Balaban J connectivity index is 2.47. The van der Waals surface area contributed by atoms with Crippen molar-refractivity contribution in [2.75, 3.05) is 6.61 Å². The molecule has 1 aliphatic carbocycles. The van der Waals surface area contributed by atoms with Gasteiger partial charge in [0.2, 0.25) is 0 Å². The maximum atomic E-state index is 12.8. The molecular weight excluding hydrogens is 274 g/mol. The molecule has 106 valence electrons. The Morgan fingerprint density at radius 1 is 1.28 bits per heavy atom. The van der Waals surface area contributed by atoms with E-state index in [1.807, 2.05) is 0 Å². The minimum absolute atomic E-state index is 0.186. The Hall–Kier alpha value is -0.800. The average Bonchev–Trinajstić information content (AvgIpc) is 2.26. The number of aliphatic hydroxyl groups excluding tert-OH is 1. The Kier molecular flexibility index (Phi) is 4.62. The third kappa shape index (κ3) is 3.59. The van der Waals surface area contributed by atoms with E-state index in [2.05, 4.69) is 4.74 Å². The molecule has 18 heavy (non-hydrogen) atoms. The zero-order valence-corrected chi connectivity index (χ0v) is 10.2. The molecule has 0 saturated heterocycles. The molecule has 0 heterocycles. The monoisotopic (exact) mass is 288 g/mol. The molecular formula is C9H14F2O6S. The summed E-state index contributed by atoms with van der Waals surface area (Å²) in [5.74, 6) is -2.47.